The highest BCUT2D eigenvalue weighted by Gasteiger charge is 2.46. The number of aliphatic hydroxyl groups excluding tert-OH is 1. The van der Waals surface area contributed by atoms with E-state index in [4.69, 9.17) is 0 Å². The minimum atomic E-state index is -0.518. The van der Waals surface area contributed by atoms with Gasteiger partial charge >= 0.3 is 0 Å². The van der Waals surface area contributed by atoms with Gasteiger partial charge in [-0.05, 0) is 64.2 Å². The van der Waals surface area contributed by atoms with E-state index < -0.39 is 5.54 Å². The summed E-state index contributed by atoms with van der Waals surface area (Å²) in [4.78, 5) is 28.9. The molecule has 1 fully saturated rings. The molecule has 2 heterocycles. The number of aliphatic hydroxyl groups is 1. The van der Waals surface area contributed by atoms with Crippen LogP contribution < -0.4 is 4.90 Å². The maximum atomic E-state index is 13.4. The second kappa shape index (κ2) is 9.00. The fourth-order valence-electron chi connectivity index (χ4n) is 6.35. The lowest BCUT2D eigenvalue weighted by molar-refractivity contribution is -0.130. The average molecular weight is 502 g/mol. The number of anilines is 1. The van der Waals surface area contributed by atoms with Crippen molar-refractivity contribution in [2.45, 2.75) is 91.0 Å². The summed E-state index contributed by atoms with van der Waals surface area (Å²) in [6.45, 7) is 12.6. The number of fused-ring (bicyclic) bond motifs is 1. The Balaban J connectivity index is 1.49. The molecule has 0 saturated heterocycles. The molecule has 1 N–H and O–H groups in total. The lowest BCUT2D eigenvalue weighted by Crippen LogP contribution is -2.40. The molecule has 0 bridgehead atoms. The van der Waals surface area contributed by atoms with E-state index in [0.717, 1.165) is 24.6 Å². The number of benzene rings is 1. The number of hydrogen-bond donors (Lipinski definition) is 1. The number of carbonyl (C=O) groups is 2. The summed E-state index contributed by atoms with van der Waals surface area (Å²) in [5.74, 6) is 0.0860. The summed E-state index contributed by atoms with van der Waals surface area (Å²) in [6.07, 6.45) is 9.54. The van der Waals surface area contributed by atoms with Crippen molar-refractivity contribution in [3.8, 4) is 0 Å². The van der Waals surface area contributed by atoms with E-state index in [2.05, 4.69) is 48.1 Å². The number of rotatable bonds is 5. The van der Waals surface area contributed by atoms with Crippen molar-refractivity contribution in [1.29, 1.82) is 0 Å². The monoisotopic (exact) mass is 501 g/mol. The van der Waals surface area contributed by atoms with Crippen molar-refractivity contribution < 1.29 is 14.7 Å². The second-order valence-electron chi connectivity index (χ2n) is 12.4. The second-order valence-corrected chi connectivity index (χ2v) is 12.4. The standard InChI is InChI=1S/C31H39N3O3/c1-19-25(29(37)34(32-19)30(2,3)4)26-27(35)21(28(26)36)18-24-31(5,6)22-15-9-10-16-23(22)33(24)17-11-14-20-12-7-8-13-20/h9-10,15-16,18,20,35H,7-8,11-14,17H2,1-6H3/b24-18+,26-25-. The zero-order valence-electron chi connectivity index (χ0n) is 23.0. The van der Waals surface area contributed by atoms with Gasteiger partial charge < -0.3 is 10.0 Å². The van der Waals surface area contributed by atoms with Crippen LogP contribution in [0.15, 0.2) is 63.6 Å². The molecule has 196 valence electrons. The van der Waals surface area contributed by atoms with Crippen LogP contribution in [0.4, 0.5) is 5.69 Å². The quantitative estimate of drug-likeness (QED) is 0.478. The minimum absolute atomic E-state index is 0.0888. The molecular formula is C31H39N3O3. The van der Waals surface area contributed by atoms with Crippen LogP contribution >= 0.6 is 0 Å². The Morgan fingerprint density at radius 1 is 1.11 bits per heavy atom. The third-order valence-corrected chi connectivity index (χ3v) is 8.42. The Morgan fingerprint density at radius 2 is 1.78 bits per heavy atom. The number of para-hydroxylation sites is 1. The Bertz CT molecular complexity index is 1280. The van der Waals surface area contributed by atoms with Crippen LogP contribution in [-0.4, -0.2) is 39.6 Å². The largest absolute Gasteiger partial charge is 0.506 e. The zero-order valence-corrected chi connectivity index (χ0v) is 23.0. The lowest BCUT2D eigenvalue weighted by atomic mass is 9.79. The van der Waals surface area contributed by atoms with Gasteiger partial charge in [-0.25, -0.2) is 5.01 Å². The SMILES string of the molecule is CC1=NN(C(C)(C)C)C(=O)/C1=C1\C(=O)C(/C=C2/N(CCCC3CCCC3)c3ccccc3C2(C)C)=C1O. The van der Waals surface area contributed by atoms with Gasteiger partial charge in [-0.15, -0.1) is 0 Å². The van der Waals surface area contributed by atoms with Crippen LogP contribution in [0.5, 0.6) is 0 Å². The van der Waals surface area contributed by atoms with E-state index in [1.165, 1.54) is 48.4 Å². The molecule has 5 rings (SSSR count). The van der Waals surface area contributed by atoms with Gasteiger partial charge in [0.25, 0.3) is 5.91 Å². The van der Waals surface area contributed by atoms with Crippen molar-refractivity contribution in [3.63, 3.8) is 0 Å². The molecule has 0 atom stereocenters. The number of allylic oxidation sites excluding steroid dienone is 4. The molecule has 0 spiro atoms. The van der Waals surface area contributed by atoms with Gasteiger partial charge in [0.05, 0.1) is 28.0 Å². The van der Waals surface area contributed by atoms with Gasteiger partial charge in [0, 0.05) is 23.3 Å². The number of hydrogen-bond acceptors (Lipinski definition) is 5. The normalized spacial score (nSPS) is 24.9. The molecule has 0 unspecified atom stereocenters. The zero-order chi connectivity index (χ0) is 26.7. The highest BCUT2D eigenvalue weighted by Crippen LogP contribution is 2.49. The maximum Gasteiger partial charge on any atom is 0.277 e. The molecule has 1 aromatic rings. The summed E-state index contributed by atoms with van der Waals surface area (Å²) >= 11 is 0. The molecule has 2 aliphatic heterocycles. The fourth-order valence-corrected chi connectivity index (χ4v) is 6.35. The first kappa shape index (κ1) is 25.5. The van der Waals surface area contributed by atoms with Crippen molar-refractivity contribution >= 4 is 23.1 Å². The molecule has 1 aromatic carbocycles. The van der Waals surface area contributed by atoms with Crippen molar-refractivity contribution in [3.05, 3.63) is 64.1 Å². The summed E-state index contributed by atoms with van der Waals surface area (Å²) in [5, 5.41) is 16.9. The number of carbonyl (C=O) groups excluding carboxylic acids is 2. The van der Waals surface area contributed by atoms with E-state index in [1.54, 1.807) is 6.92 Å². The Hall–Kier alpha value is -3.15. The number of nitrogens with zero attached hydrogens (tertiary/aromatic N) is 3. The smallest absolute Gasteiger partial charge is 0.277 e. The third-order valence-electron chi connectivity index (χ3n) is 8.42. The first-order chi connectivity index (χ1) is 17.4. The molecule has 4 aliphatic rings. The summed E-state index contributed by atoms with van der Waals surface area (Å²) in [7, 11) is 0. The van der Waals surface area contributed by atoms with Crippen LogP contribution in [-0.2, 0) is 15.0 Å². The molecule has 1 amide bonds. The maximum absolute atomic E-state index is 13.4. The minimum Gasteiger partial charge on any atom is -0.506 e. The number of ketones is 1. The summed E-state index contributed by atoms with van der Waals surface area (Å²) in [6, 6.07) is 8.42. The molecule has 2 aliphatic carbocycles. The molecule has 6 heteroatoms. The van der Waals surface area contributed by atoms with Gasteiger partial charge in [0.1, 0.15) is 5.76 Å². The average Bonchev–Trinajstić information content (AvgIpc) is 3.51. The Labute approximate surface area is 220 Å². The van der Waals surface area contributed by atoms with Gasteiger partial charge in [-0.2, -0.15) is 5.10 Å². The Kier molecular flexibility index (Phi) is 6.20. The summed E-state index contributed by atoms with van der Waals surface area (Å²) < 4.78 is 0. The van der Waals surface area contributed by atoms with E-state index in [9.17, 15) is 14.7 Å². The van der Waals surface area contributed by atoms with Crippen LogP contribution in [0.25, 0.3) is 0 Å². The van der Waals surface area contributed by atoms with Crippen molar-refractivity contribution in [1.82, 2.24) is 5.01 Å². The van der Waals surface area contributed by atoms with Gasteiger partial charge in [-0.3, -0.25) is 9.59 Å². The summed E-state index contributed by atoms with van der Waals surface area (Å²) in [5.41, 5.74) is 3.61. The highest BCUT2D eigenvalue weighted by atomic mass is 16.3. The predicted octanol–water partition coefficient (Wildman–Crippen LogP) is 6.35. The molecular weight excluding hydrogens is 462 g/mol. The predicted molar refractivity (Wildman–Crippen MR) is 147 cm³/mol. The van der Waals surface area contributed by atoms with Gasteiger partial charge in [0.15, 0.2) is 0 Å². The topological polar surface area (TPSA) is 73.2 Å². The number of hydrazone groups is 1. The molecule has 37 heavy (non-hydrogen) atoms. The van der Waals surface area contributed by atoms with Crippen LogP contribution in [0.2, 0.25) is 0 Å². The molecule has 0 aromatic heterocycles. The van der Waals surface area contributed by atoms with E-state index in [-0.39, 0.29) is 39.6 Å². The van der Waals surface area contributed by atoms with Crippen LogP contribution in [0.1, 0.15) is 85.6 Å². The molecule has 1 saturated carbocycles. The molecule has 0 radical (unpaired) electrons. The van der Waals surface area contributed by atoms with Crippen molar-refractivity contribution in [2.24, 2.45) is 11.0 Å². The molecule has 6 nitrogen and oxygen atoms in total. The van der Waals surface area contributed by atoms with Crippen LogP contribution in [0, 0.1) is 5.92 Å². The van der Waals surface area contributed by atoms with E-state index in [0.29, 0.717) is 5.71 Å². The van der Waals surface area contributed by atoms with E-state index in [1.807, 2.05) is 26.8 Å². The fraction of sp³-hybridized carbons (Fsp3) is 0.516. The van der Waals surface area contributed by atoms with Crippen molar-refractivity contribution in [2.75, 3.05) is 11.4 Å². The number of amides is 1. The Morgan fingerprint density at radius 3 is 2.41 bits per heavy atom. The van der Waals surface area contributed by atoms with Gasteiger partial charge in [-0.1, -0.05) is 57.7 Å². The number of Topliss-reactive ketones (excluding diaryl/α,β-unsaturated/α-hetero) is 1. The van der Waals surface area contributed by atoms with E-state index >= 15 is 0 Å². The first-order valence-corrected chi connectivity index (χ1v) is 13.6. The first-order valence-electron chi connectivity index (χ1n) is 13.6. The third kappa shape index (κ3) is 4.14. The highest BCUT2D eigenvalue weighted by molar-refractivity contribution is 6.34. The van der Waals surface area contributed by atoms with Crippen LogP contribution in [0.3, 0.4) is 0 Å². The lowest BCUT2D eigenvalue weighted by Gasteiger charge is -2.30. The van der Waals surface area contributed by atoms with Gasteiger partial charge in [0.2, 0.25) is 5.78 Å².